The lowest BCUT2D eigenvalue weighted by atomic mass is 9.98. The molecule has 1 aliphatic rings. The maximum Gasteiger partial charge on any atom is 0.348 e. The van der Waals surface area contributed by atoms with Crippen LogP contribution in [0.5, 0.6) is 0 Å². The number of fused-ring (bicyclic) bond motifs is 1. The number of aromatic nitrogens is 2. The van der Waals surface area contributed by atoms with Crippen LogP contribution >= 0.6 is 22.7 Å². The van der Waals surface area contributed by atoms with Crippen LogP contribution in [0.4, 0.5) is 10.8 Å². The van der Waals surface area contributed by atoms with Gasteiger partial charge in [0.25, 0.3) is 0 Å². The van der Waals surface area contributed by atoms with Gasteiger partial charge in [0, 0.05) is 10.9 Å². The van der Waals surface area contributed by atoms with Crippen LogP contribution in [0.15, 0.2) is 36.0 Å². The predicted octanol–water partition coefficient (Wildman–Crippen LogP) is 8.26. The molecule has 0 saturated heterocycles. The van der Waals surface area contributed by atoms with Crippen LogP contribution in [0.1, 0.15) is 89.9 Å². The average Bonchev–Trinajstić information content (AvgIpc) is 3.51. The zero-order valence-electron chi connectivity index (χ0n) is 22.7. The summed E-state index contributed by atoms with van der Waals surface area (Å²) >= 11 is 2.75. The van der Waals surface area contributed by atoms with Gasteiger partial charge in [-0.1, -0.05) is 44.5 Å². The molecule has 0 aliphatic heterocycles. The first-order chi connectivity index (χ1) is 18.9. The van der Waals surface area contributed by atoms with E-state index >= 15 is 0 Å². The second-order valence-corrected chi connectivity index (χ2v) is 12.0. The number of rotatable bonds is 8. The Bertz CT molecular complexity index is 1480. The molecule has 1 saturated carbocycles. The minimum absolute atomic E-state index is 0.0767. The lowest BCUT2D eigenvalue weighted by molar-refractivity contribution is 0.0216. The normalized spacial score (nSPS) is 14.1. The van der Waals surface area contributed by atoms with E-state index < -0.39 is 11.9 Å². The van der Waals surface area contributed by atoms with Crippen molar-refractivity contribution in [3.8, 4) is 11.1 Å². The number of hydrogen-bond donors (Lipinski definition) is 1. The number of hydrogen-bond acceptors (Lipinski definition) is 9. The zero-order chi connectivity index (χ0) is 27.5. The van der Waals surface area contributed by atoms with Gasteiger partial charge in [0.1, 0.15) is 33.0 Å². The molecule has 1 N–H and O–H groups in total. The second kappa shape index (κ2) is 11.8. The number of nitrogens with zero attached hydrogens (tertiary/aromatic N) is 2. The molecular formula is C30H33N3O4S2. The van der Waals surface area contributed by atoms with Crippen molar-refractivity contribution >= 4 is 55.6 Å². The van der Waals surface area contributed by atoms with Crippen molar-refractivity contribution in [3.05, 3.63) is 57.5 Å². The van der Waals surface area contributed by atoms with E-state index in [9.17, 15) is 9.59 Å². The lowest BCUT2D eigenvalue weighted by Crippen LogP contribution is -2.20. The summed E-state index contributed by atoms with van der Waals surface area (Å²) in [5.74, 6) is 0.146. The third-order valence-electron chi connectivity index (χ3n) is 7.13. The Labute approximate surface area is 236 Å². The van der Waals surface area contributed by atoms with Gasteiger partial charge in [0.2, 0.25) is 0 Å². The zero-order valence-corrected chi connectivity index (χ0v) is 24.3. The number of carbonyl (C=O) groups excluding carboxylic acids is 2. The summed E-state index contributed by atoms with van der Waals surface area (Å²) in [5.41, 5.74) is 4.24. The Morgan fingerprint density at radius 2 is 1.82 bits per heavy atom. The van der Waals surface area contributed by atoms with Crippen molar-refractivity contribution in [1.82, 2.24) is 9.97 Å². The Morgan fingerprint density at radius 3 is 2.51 bits per heavy atom. The average molecular weight is 564 g/mol. The number of anilines is 2. The van der Waals surface area contributed by atoms with Crippen LogP contribution in [0, 0.1) is 6.92 Å². The summed E-state index contributed by atoms with van der Waals surface area (Å²) in [6.07, 6.45) is 6.49. The van der Waals surface area contributed by atoms with Gasteiger partial charge in [0.05, 0.1) is 17.6 Å². The second-order valence-electron chi connectivity index (χ2n) is 10.1. The molecule has 0 radical (unpaired) electrons. The van der Waals surface area contributed by atoms with E-state index in [2.05, 4.69) is 58.8 Å². The minimum Gasteiger partial charge on any atom is -0.462 e. The molecule has 0 bridgehead atoms. The Hall–Kier alpha value is -3.30. The van der Waals surface area contributed by atoms with Gasteiger partial charge in [0.15, 0.2) is 0 Å². The van der Waals surface area contributed by atoms with Gasteiger partial charge in [-0.05, 0) is 62.1 Å². The highest BCUT2D eigenvalue weighted by molar-refractivity contribution is 7.18. The molecule has 3 aromatic heterocycles. The SMILES string of the molecule is CCOC(=O)c1c(Nc2ncnc3scc(-c4ccc(C(C)C)cc4)c23)sc(C(=O)OC2CCCCC2)c1C. The quantitative estimate of drug-likeness (QED) is 0.216. The van der Waals surface area contributed by atoms with Crippen molar-refractivity contribution in [3.63, 3.8) is 0 Å². The maximum absolute atomic E-state index is 13.2. The van der Waals surface area contributed by atoms with Gasteiger partial charge < -0.3 is 14.8 Å². The third kappa shape index (κ3) is 5.70. The van der Waals surface area contributed by atoms with E-state index in [1.807, 2.05) is 0 Å². The standard InChI is InChI=1S/C30H33N3O4S2/c1-5-36-29(34)23-18(4)25(30(35)37-21-9-7-6-8-10-21)39-28(23)33-26-24-22(15-38-27(24)32-16-31-26)20-13-11-19(12-14-20)17(2)3/h11-17,21H,5-10H2,1-4H3,(H,31,32,33). The Kier molecular flexibility index (Phi) is 8.28. The molecule has 204 valence electrons. The molecule has 39 heavy (non-hydrogen) atoms. The van der Waals surface area contributed by atoms with Gasteiger partial charge >= 0.3 is 11.9 Å². The fraction of sp³-hybridized carbons (Fsp3) is 0.400. The van der Waals surface area contributed by atoms with E-state index in [4.69, 9.17) is 9.47 Å². The van der Waals surface area contributed by atoms with Crippen molar-refractivity contribution < 1.29 is 19.1 Å². The van der Waals surface area contributed by atoms with E-state index in [0.29, 0.717) is 32.7 Å². The van der Waals surface area contributed by atoms with Crippen LogP contribution in [-0.2, 0) is 9.47 Å². The van der Waals surface area contributed by atoms with Gasteiger partial charge in [-0.25, -0.2) is 19.6 Å². The summed E-state index contributed by atoms with van der Waals surface area (Å²) in [6, 6.07) is 8.52. The molecule has 7 nitrogen and oxygen atoms in total. The third-order valence-corrected chi connectivity index (χ3v) is 9.20. The minimum atomic E-state index is -0.481. The molecule has 5 rings (SSSR count). The van der Waals surface area contributed by atoms with Gasteiger partial charge in [-0.15, -0.1) is 22.7 Å². The Morgan fingerprint density at radius 1 is 1.08 bits per heavy atom. The van der Waals surface area contributed by atoms with Crippen LogP contribution < -0.4 is 5.32 Å². The van der Waals surface area contributed by atoms with Gasteiger partial charge in [-0.3, -0.25) is 0 Å². The molecule has 0 atom stereocenters. The van der Waals surface area contributed by atoms with E-state index in [-0.39, 0.29) is 12.7 Å². The summed E-state index contributed by atoms with van der Waals surface area (Å²) in [4.78, 5) is 36.5. The predicted molar refractivity (Wildman–Crippen MR) is 158 cm³/mol. The Balaban J connectivity index is 1.53. The highest BCUT2D eigenvalue weighted by Gasteiger charge is 2.29. The van der Waals surface area contributed by atoms with Crippen LogP contribution in [0.3, 0.4) is 0 Å². The number of thiophene rings is 2. The fourth-order valence-corrected chi connectivity index (χ4v) is 6.96. The first-order valence-electron chi connectivity index (χ1n) is 13.5. The number of benzene rings is 1. The topological polar surface area (TPSA) is 90.4 Å². The molecule has 9 heteroatoms. The summed E-state index contributed by atoms with van der Waals surface area (Å²) < 4.78 is 11.2. The van der Waals surface area contributed by atoms with Crippen molar-refractivity contribution in [1.29, 1.82) is 0 Å². The first-order valence-corrected chi connectivity index (χ1v) is 15.2. The molecule has 3 heterocycles. The first kappa shape index (κ1) is 27.3. The lowest BCUT2D eigenvalue weighted by Gasteiger charge is -2.21. The van der Waals surface area contributed by atoms with Crippen molar-refractivity contribution in [2.45, 2.75) is 71.8 Å². The maximum atomic E-state index is 13.2. The largest absolute Gasteiger partial charge is 0.462 e. The van der Waals surface area contributed by atoms with E-state index in [0.717, 1.165) is 47.0 Å². The highest BCUT2D eigenvalue weighted by Crippen LogP contribution is 2.41. The number of nitrogens with one attached hydrogen (secondary N) is 1. The number of esters is 2. The fourth-order valence-electron chi connectivity index (χ4n) is 4.97. The highest BCUT2D eigenvalue weighted by atomic mass is 32.1. The van der Waals surface area contributed by atoms with Crippen LogP contribution in [0.25, 0.3) is 21.3 Å². The monoisotopic (exact) mass is 563 g/mol. The number of carbonyl (C=O) groups is 2. The molecule has 0 amide bonds. The summed E-state index contributed by atoms with van der Waals surface area (Å²) in [5, 5.41) is 6.82. The molecule has 0 spiro atoms. The van der Waals surface area contributed by atoms with E-state index in [1.54, 1.807) is 25.2 Å². The van der Waals surface area contributed by atoms with Gasteiger partial charge in [-0.2, -0.15) is 0 Å². The molecule has 1 fully saturated rings. The smallest absolute Gasteiger partial charge is 0.348 e. The number of ether oxygens (including phenoxy) is 2. The van der Waals surface area contributed by atoms with Crippen molar-refractivity contribution in [2.24, 2.45) is 0 Å². The van der Waals surface area contributed by atoms with Crippen LogP contribution in [-0.4, -0.2) is 34.6 Å². The summed E-state index contributed by atoms with van der Waals surface area (Å²) in [6.45, 7) is 8.12. The van der Waals surface area contributed by atoms with Crippen molar-refractivity contribution in [2.75, 3.05) is 11.9 Å². The molecule has 1 aliphatic carbocycles. The molecule has 1 aromatic carbocycles. The molecule has 4 aromatic rings. The van der Waals surface area contributed by atoms with E-state index in [1.165, 1.54) is 29.6 Å². The molecule has 0 unspecified atom stereocenters. The van der Waals surface area contributed by atoms with Crippen LogP contribution in [0.2, 0.25) is 0 Å². The molecular weight excluding hydrogens is 530 g/mol. The summed E-state index contributed by atoms with van der Waals surface area (Å²) in [7, 11) is 0.